The second-order valence-electron chi connectivity index (χ2n) is 6.53. The molecule has 1 aromatic carbocycles. The maximum Gasteiger partial charge on any atom is 0.0398 e. The highest BCUT2D eigenvalue weighted by molar-refractivity contribution is 5.57. The van der Waals surface area contributed by atoms with Crippen LogP contribution in [0, 0.1) is 5.92 Å². The maximum absolute atomic E-state index is 3.33. The van der Waals surface area contributed by atoms with Gasteiger partial charge in [-0.15, -0.1) is 0 Å². The van der Waals surface area contributed by atoms with Gasteiger partial charge in [0.05, 0.1) is 0 Å². The Balaban J connectivity index is 2.07. The highest BCUT2D eigenvalue weighted by Crippen LogP contribution is 2.30. The Labute approximate surface area is 124 Å². The summed E-state index contributed by atoms with van der Waals surface area (Å²) in [7, 11) is 2.03. The van der Waals surface area contributed by atoms with Crippen LogP contribution in [-0.2, 0) is 6.42 Å². The van der Waals surface area contributed by atoms with Crippen molar-refractivity contribution in [1.29, 1.82) is 0 Å². The van der Waals surface area contributed by atoms with Crippen LogP contribution in [0.25, 0.3) is 0 Å². The average molecular weight is 274 g/mol. The molecule has 2 rings (SSSR count). The van der Waals surface area contributed by atoms with Gasteiger partial charge in [0, 0.05) is 24.8 Å². The summed E-state index contributed by atoms with van der Waals surface area (Å²) in [5, 5.41) is 3.33. The van der Waals surface area contributed by atoms with Crippen LogP contribution in [0.5, 0.6) is 0 Å². The van der Waals surface area contributed by atoms with Gasteiger partial charge in [-0.1, -0.05) is 26.0 Å². The molecule has 0 spiro atoms. The van der Waals surface area contributed by atoms with Gasteiger partial charge in [0.1, 0.15) is 0 Å². The summed E-state index contributed by atoms with van der Waals surface area (Å²) in [5.74, 6) is 0.818. The highest BCUT2D eigenvalue weighted by Gasteiger charge is 2.17. The van der Waals surface area contributed by atoms with E-state index in [4.69, 9.17) is 0 Å². The first kappa shape index (κ1) is 15.4. The van der Waals surface area contributed by atoms with Crippen molar-refractivity contribution in [2.24, 2.45) is 5.92 Å². The van der Waals surface area contributed by atoms with Crippen molar-refractivity contribution < 1.29 is 0 Å². The molecule has 0 bridgehead atoms. The van der Waals surface area contributed by atoms with E-state index in [9.17, 15) is 0 Å². The number of hydrogen-bond acceptors (Lipinski definition) is 2. The van der Waals surface area contributed by atoms with Crippen molar-refractivity contribution in [3.05, 3.63) is 29.3 Å². The van der Waals surface area contributed by atoms with Crippen molar-refractivity contribution in [3.63, 3.8) is 0 Å². The lowest BCUT2D eigenvalue weighted by molar-refractivity contribution is 0.542. The number of nitrogens with one attached hydrogen (secondary N) is 1. The minimum atomic E-state index is 0.441. The first-order chi connectivity index (χ1) is 9.61. The first-order valence-corrected chi connectivity index (χ1v) is 8.17. The predicted molar refractivity (Wildman–Crippen MR) is 88.5 cm³/mol. The van der Waals surface area contributed by atoms with E-state index < -0.39 is 0 Å². The fourth-order valence-electron chi connectivity index (χ4n) is 3.05. The lowest BCUT2D eigenvalue weighted by Crippen LogP contribution is -2.30. The number of nitrogens with zero attached hydrogens (tertiary/aromatic N) is 1. The Kier molecular flexibility index (Phi) is 5.47. The molecule has 1 aliphatic rings. The van der Waals surface area contributed by atoms with E-state index in [-0.39, 0.29) is 0 Å². The molecular weight excluding hydrogens is 244 g/mol. The monoisotopic (exact) mass is 274 g/mol. The van der Waals surface area contributed by atoms with Crippen LogP contribution in [0.1, 0.15) is 57.2 Å². The topological polar surface area (TPSA) is 15.3 Å². The largest absolute Gasteiger partial charge is 0.371 e. The van der Waals surface area contributed by atoms with Gasteiger partial charge in [-0.2, -0.15) is 0 Å². The Morgan fingerprint density at radius 2 is 2.05 bits per heavy atom. The predicted octanol–water partition coefficient (Wildman–Crippen LogP) is 4.16. The number of hydrogen-bond donors (Lipinski definition) is 1. The van der Waals surface area contributed by atoms with E-state index in [0.29, 0.717) is 6.04 Å². The molecule has 0 aliphatic carbocycles. The number of aryl methyl sites for hydroxylation is 1. The molecule has 20 heavy (non-hydrogen) atoms. The molecule has 0 aromatic heterocycles. The second kappa shape index (κ2) is 7.12. The SMILES string of the molecule is CNC(C)c1ccc2c(c1)CCCN2CCCC(C)C. The highest BCUT2D eigenvalue weighted by atomic mass is 15.1. The third-order valence-corrected chi connectivity index (χ3v) is 4.46. The summed E-state index contributed by atoms with van der Waals surface area (Å²) in [4.78, 5) is 2.59. The van der Waals surface area contributed by atoms with Crippen LogP contribution >= 0.6 is 0 Å². The van der Waals surface area contributed by atoms with Crippen molar-refractivity contribution in [2.45, 2.75) is 52.5 Å². The molecule has 2 heteroatoms. The van der Waals surface area contributed by atoms with Crippen molar-refractivity contribution in [2.75, 3.05) is 25.0 Å². The van der Waals surface area contributed by atoms with Gasteiger partial charge in [-0.3, -0.25) is 0 Å². The molecule has 0 radical (unpaired) electrons. The quantitative estimate of drug-likeness (QED) is 0.838. The minimum absolute atomic E-state index is 0.441. The van der Waals surface area contributed by atoms with E-state index >= 15 is 0 Å². The Bertz CT molecular complexity index is 425. The molecule has 1 atom stereocenters. The fraction of sp³-hybridized carbons (Fsp3) is 0.667. The molecule has 1 aromatic rings. The van der Waals surface area contributed by atoms with Crippen molar-refractivity contribution >= 4 is 5.69 Å². The molecule has 0 amide bonds. The maximum atomic E-state index is 3.33. The van der Waals surface area contributed by atoms with Crippen LogP contribution < -0.4 is 10.2 Å². The van der Waals surface area contributed by atoms with E-state index in [1.807, 2.05) is 7.05 Å². The molecule has 1 aliphatic heterocycles. The van der Waals surface area contributed by atoms with Gasteiger partial charge in [0.25, 0.3) is 0 Å². The lowest BCUT2D eigenvalue weighted by atomic mass is 9.96. The average Bonchev–Trinajstić information content (AvgIpc) is 2.45. The molecular formula is C18H30N2. The summed E-state index contributed by atoms with van der Waals surface area (Å²) in [6.45, 7) is 9.30. The molecule has 2 nitrogen and oxygen atoms in total. The molecule has 0 saturated carbocycles. The van der Waals surface area contributed by atoms with Gasteiger partial charge in [0.15, 0.2) is 0 Å². The Hall–Kier alpha value is -1.02. The molecule has 112 valence electrons. The smallest absolute Gasteiger partial charge is 0.0398 e. The van der Waals surface area contributed by atoms with Gasteiger partial charge in [0.2, 0.25) is 0 Å². The van der Waals surface area contributed by atoms with E-state index in [1.54, 1.807) is 5.56 Å². The normalized spacial score (nSPS) is 16.4. The van der Waals surface area contributed by atoms with Gasteiger partial charge in [-0.05, 0) is 62.8 Å². The number of rotatable bonds is 6. The number of benzene rings is 1. The summed E-state index contributed by atoms with van der Waals surface area (Å²) in [6.07, 6.45) is 5.18. The van der Waals surface area contributed by atoms with E-state index in [1.165, 1.54) is 50.0 Å². The van der Waals surface area contributed by atoms with Gasteiger partial charge >= 0.3 is 0 Å². The molecule has 1 N–H and O–H groups in total. The van der Waals surface area contributed by atoms with Crippen LogP contribution in [0.2, 0.25) is 0 Å². The molecule has 0 saturated heterocycles. The molecule has 0 fully saturated rings. The standard InChI is InChI=1S/C18H30N2/c1-14(2)7-5-11-20-12-6-8-17-13-16(15(3)19-4)9-10-18(17)20/h9-10,13-15,19H,5-8,11-12H2,1-4H3. The first-order valence-electron chi connectivity index (χ1n) is 8.17. The Morgan fingerprint density at radius 1 is 1.25 bits per heavy atom. The summed E-state index contributed by atoms with van der Waals surface area (Å²) < 4.78 is 0. The van der Waals surface area contributed by atoms with Crippen LogP contribution in [-0.4, -0.2) is 20.1 Å². The van der Waals surface area contributed by atoms with Gasteiger partial charge in [-0.25, -0.2) is 0 Å². The lowest BCUT2D eigenvalue weighted by Gasteiger charge is -2.32. The van der Waals surface area contributed by atoms with E-state index in [2.05, 4.69) is 49.2 Å². The number of anilines is 1. The van der Waals surface area contributed by atoms with Crippen LogP contribution in [0.3, 0.4) is 0 Å². The molecule has 1 unspecified atom stereocenters. The third-order valence-electron chi connectivity index (χ3n) is 4.46. The number of fused-ring (bicyclic) bond motifs is 1. The zero-order valence-electron chi connectivity index (χ0n) is 13.6. The summed E-state index contributed by atoms with van der Waals surface area (Å²) in [5.41, 5.74) is 4.43. The van der Waals surface area contributed by atoms with Crippen LogP contribution in [0.15, 0.2) is 18.2 Å². The zero-order chi connectivity index (χ0) is 14.5. The fourth-order valence-corrected chi connectivity index (χ4v) is 3.05. The Morgan fingerprint density at radius 3 is 2.75 bits per heavy atom. The van der Waals surface area contributed by atoms with E-state index in [0.717, 1.165) is 5.92 Å². The second-order valence-corrected chi connectivity index (χ2v) is 6.53. The van der Waals surface area contributed by atoms with Crippen LogP contribution in [0.4, 0.5) is 5.69 Å². The minimum Gasteiger partial charge on any atom is -0.371 e. The summed E-state index contributed by atoms with van der Waals surface area (Å²) >= 11 is 0. The molecule has 1 heterocycles. The van der Waals surface area contributed by atoms with Gasteiger partial charge < -0.3 is 10.2 Å². The van der Waals surface area contributed by atoms with Crippen molar-refractivity contribution in [3.8, 4) is 0 Å². The zero-order valence-corrected chi connectivity index (χ0v) is 13.6. The summed E-state index contributed by atoms with van der Waals surface area (Å²) in [6, 6.07) is 7.48. The third kappa shape index (κ3) is 3.76. The van der Waals surface area contributed by atoms with Crippen molar-refractivity contribution in [1.82, 2.24) is 5.32 Å².